The maximum Gasteiger partial charge on any atom is 0.222 e. The molecule has 0 spiro atoms. The first-order valence-electron chi connectivity index (χ1n) is 9.56. The standard InChI is InChI=1S/C22H27FN6/c1-7-24-21-25-11-18(16(4)28-21)14(2)17-8-9-29-20(10-17)19(12-27-29)15(3)26-13-22(5,6)23/h8-12,26H,2-3,7,13H2,1,4-6H3,(H,24,25,28). The number of fused-ring (bicyclic) bond motifs is 1. The van der Waals surface area contributed by atoms with Gasteiger partial charge >= 0.3 is 0 Å². The van der Waals surface area contributed by atoms with E-state index in [1.54, 1.807) is 16.9 Å². The second kappa shape index (κ2) is 8.03. The van der Waals surface area contributed by atoms with Crippen LogP contribution >= 0.6 is 0 Å². The molecule has 3 aromatic heterocycles. The number of halogens is 1. The highest BCUT2D eigenvalue weighted by Gasteiger charge is 2.17. The van der Waals surface area contributed by atoms with Crippen LogP contribution < -0.4 is 10.6 Å². The van der Waals surface area contributed by atoms with Crippen molar-refractivity contribution in [2.75, 3.05) is 18.4 Å². The highest BCUT2D eigenvalue weighted by Crippen LogP contribution is 2.27. The summed E-state index contributed by atoms with van der Waals surface area (Å²) in [5, 5.41) is 10.5. The van der Waals surface area contributed by atoms with Crippen LogP contribution in [-0.2, 0) is 0 Å². The Labute approximate surface area is 170 Å². The number of alkyl halides is 1. The van der Waals surface area contributed by atoms with Crippen molar-refractivity contribution in [1.29, 1.82) is 0 Å². The van der Waals surface area contributed by atoms with Crippen LogP contribution in [0.3, 0.4) is 0 Å². The molecule has 0 saturated carbocycles. The molecular weight excluding hydrogens is 367 g/mol. The maximum absolute atomic E-state index is 13.8. The number of hydrogen-bond acceptors (Lipinski definition) is 5. The fraction of sp³-hybridized carbons (Fsp3) is 0.318. The SMILES string of the molecule is C=C(c1ccn2ncc(C(=C)NCC(C)(C)F)c2c1)c1cnc(NCC)nc1C. The summed E-state index contributed by atoms with van der Waals surface area (Å²) in [6, 6.07) is 3.94. The lowest BCUT2D eigenvalue weighted by atomic mass is 10.00. The Kier molecular flexibility index (Phi) is 5.68. The Morgan fingerprint density at radius 1 is 1.24 bits per heavy atom. The fourth-order valence-corrected chi connectivity index (χ4v) is 2.98. The molecule has 3 aromatic rings. The van der Waals surface area contributed by atoms with E-state index >= 15 is 0 Å². The summed E-state index contributed by atoms with van der Waals surface area (Å²) in [6.45, 7) is 16.2. The van der Waals surface area contributed by atoms with Crippen LogP contribution in [0.1, 0.15) is 43.2 Å². The molecule has 152 valence electrons. The monoisotopic (exact) mass is 394 g/mol. The van der Waals surface area contributed by atoms with E-state index in [1.165, 1.54) is 13.8 Å². The highest BCUT2D eigenvalue weighted by molar-refractivity contribution is 5.83. The lowest BCUT2D eigenvalue weighted by molar-refractivity contribution is 0.219. The van der Waals surface area contributed by atoms with Crippen LogP contribution in [0, 0.1) is 6.92 Å². The zero-order valence-corrected chi connectivity index (χ0v) is 17.4. The molecule has 3 rings (SSSR count). The van der Waals surface area contributed by atoms with Crippen LogP contribution in [0.15, 0.2) is 43.9 Å². The van der Waals surface area contributed by atoms with Crippen molar-refractivity contribution in [3.8, 4) is 0 Å². The molecule has 0 radical (unpaired) electrons. The number of hydrogen-bond donors (Lipinski definition) is 2. The molecule has 0 unspecified atom stereocenters. The number of pyridine rings is 1. The minimum atomic E-state index is -1.33. The predicted octanol–water partition coefficient (Wildman–Crippen LogP) is 4.23. The van der Waals surface area contributed by atoms with Gasteiger partial charge in [0.2, 0.25) is 5.95 Å². The number of aryl methyl sites for hydroxylation is 1. The van der Waals surface area contributed by atoms with E-state index in [-0.39, 0.29) is 6.54 Å². The first kappa shape index (κ1) is 20.5. The molecule has 0 aliphatic rings. The molecule has 2 N–H and O–H groups in total. The summed E-state index contributed by atoms with van der Waals surface area (Å²) in [5.74, 6) is 0.605. The van der Waals surface area contributed by atoms with Gasteiger partial charge in [-0.1, -0.05) is 13.2 Å². The smallest absolute Gasteiger partial charge is 0.222 e. The van der Waals surface area contributed by atoms with Crippen LogP contribution in [-0.4, -0.2) is 38.3 Å². The van der Waals surface area contributed by atoms with Crippen LogP contribution in [0.4, 0.5) is 10.3 Å². The van der Waals surface area contributed by atoms with Gasteiger partial charge in [0, 0.05) is 42.3 Å². The number of aromatic nitrogens is 4. The molecular formula is C22H27FN6. The zero-order valence-electron chi connectivity index (χ0n) is 17.4. The van der Waals surface area contributed by atoms with Crippen LogP contribution in [0.25, 0.3) is 16.8 Å². The molecule has 3 heterocycles. The number of rotatable bonds is 8. The van der Waals surface area contributed by atoms with E-state index in [1.807, 2.05) is 32.2 Å². The third-order valence-electron chi connectivity index (χ3n) is 4.56. The van der Waals surface area contributed by atoms with Gasteiger partial charge in [-0.15, -0.1) is 0 Å². The van der Waals surface area contributed by atoms with Gasteiger partial charge < -0.3 is 10.6 Å². The van der Waals surface area contributed by atoms with Gasteiger partial charge in [0.15, 0.2) is 0 Å². The first-order chi connectivity index (χ1) is 13.7. The van der Waals surface area contributed by atoms with Crippen LogP contribution in [0.2, 0.25) is 0 Å². The summed E-state index contributed by atoms with van der Waals surface area (Å²) in [7, 11) is 0. The van der Waals surface area contributed by atoms with Crippen molar-refractivity contribution in [3.63, 3.8) is 0 Å². The molecule has 0 amide bonds. The second-order valence-electron chi connectivity index (χ2n) is 7.56. The molecule has 0 bridgehead atoms. The lowest BCUT2D eigenvalue weighted by Gasteiger charge is -2.17. The van der Waals surface area contributed by atoms with Crippen molar-refractivity contribution in [1.82, 2.24) is 24.9 Å². The summed E-state index contributed by atoms with van der Waals surface area (Å²) < 4.78 is 15.6. The quantitative estimate of drug-likeness (QED) is 0.598. The first-order valence-corrected chi connectivity index (χ1v) is 9.56. The van der Waals surface area contributed by atoms with Gasteiger partial charge in [0.25, 0.3) is 0 Å². The van der Waals surface area contributed by atoms with Crippen molar-refractivity contribution in [2.24, 2.45) is 0 Å². The number of nitrogens with one attached hydrogen (secondary N) is 2. The van der Waals surface area contributed by atoms with E-state index in [4.69, 9.17) is 0 Å². The molecule has 7 heteroatoms. The molecule has 0 aliphatic carbocycles. The molecule has 0 atom stereocenters. The summed E-state index contributed by atoms with van der Waals surface area (Å²) in [6.07, 6.45) is 5.38. The minimum absolute atomic E-state index is 0.171. The van der Waals surface area contributed by atoms with E-state index in [9.17, 15) is 4.39 Å². The summed E-state index contributed by atoms with van der Waals surface area (Å²) in [5.41, 5.74) is 4.47. The van der Waals surface area contributed by atoms with E-state index in [2.05, 4.69) is 38.9 Å². The fourth-order valence-electron chi connectivity index (χ4n) is 2.98. The summed E-state index contributed by atoms with van der Waals surface area (Å²) in [4.78, 5) is 8.86. The normalized spacial score (nSPS) is 11.5. The number of anilines is 1. The molecule has 0 aromatic carbocycles. The Morgan fingerprint density at radius 2 is 2.00 bits per heavy atom. The lowest BCUT2D eigenvalue weighted by Crippen LogP contribution is -2.29. The maximum atomic E-state index is 13.8. The molecule has 29 heavy (non-hydrogen) atoms. The Balaban J connectivity index is 1.91. The summed E-state index contributed by atoms with van der Waals surface area (Å²) >= 11 is 0. The largest absolute Gasteiger partial charge is 0.382 e. The van der Waals surface area contributed by atoms with Crippen LogP contribution in [0.5, 0.6) is 0 Å². The van der Waals surface area contributed by atoms with Crippen molar-refractivity contribution in [3.05, 3.63) is 66.3 Å². The highest BCUT2D eigenvalue weighted by atomic mass is 19.1. The molecule has 0 fully saturated rings. The van der Waals surface area contributed by atoms with E-state index in [0.29, 0.717) is 11.6 Å². The minimum Gasteiger partial charge on any atom is -0.382 e. The Bertz CT molecular complexity index is 1060. The van der Waals surface area contributed by atoms with Crippen molar-refractivity contribution < 1.29 is 4.39 Å². The van der Waals surface area contributed by atoms with Crippen molar-refractivity contribution in [2.45, 2.75) is 33.4 Å². The molecule has 0 aliphatic heterocycles. The van der Waals surface area contributed by atoms with E-state index < -0.39 is 5.67 Å². The molecule has 0 saturated heterocycles. The van der Waals surface area contributed by atoms with Crippen molar-refractivity contribution >= 4 is 22.7 Å². The Morgan fingerprint density at radius 3 is 2.66 bits per heavy atom. The van der Waals surface area contributed by atoms with Gasteiger partial charge in [0.05, 0.1) is 17.4 Å². The topological polar surface area (TPSA) is 67.1 Å². The molecule has 6 nitrogen and oxygen atoms in total. The van der Waals surface area contributed by atoms with Gasteiger partial charge in [-0.25, -0.2) is 18.9 Å². The van der Waals surface area contributed by atoms with Gasteiger partial charge in [-0.05, 0) is 51.0 Å². The zero-order chi connectivity index (χ0) is 21.2. The second-order valence-corrected chi connectivity index (χ2v) is 7.56. The van der Waals surface area contributed by atoms with Gasteiger partial charge in [-0.2, -0.15) is 5.10 Å². The average molecular weight is 394 g/mol. The predicted molar refractivity (Wildman–Crippen MR) is 116 cm³/mol. The Hall–Kier alpha value is -3.22. The van der Waals surface area contributed by atoms with E-state index in [0.717, 1.165) is 40.0 Å². The third-order valence-corrected chi connectivity index (χ3v) is 4.56. The van der Waals surface area contributed by atoms with Gasteiger partial charge in [0.1, 0.15) is 5.67 Å². The number of nitrogens with zero attached hydrogens (tertiary/aromatic N) is 4. The third kappa shape index (κ3) is 4.62. The van der Waals surface area contributed by atoms with Gasteiger partial charge in [-0.3, -0.25) is 0 Å². The average Bonchev–Trinajstić information content (AvgIpc) is 3.08.